The SMILES string of the molecule is CCN1CCN(Cc2ccccc2CNC(=NC)NC2CCN(C(=O)C(C)C)C2)CC1. The fraction of sp³-hybridized carbons (Fsp3) is 0.667. The minimum absolute atomic E-state index is 0.0534. The molecule has 2 fully saturated rings. The first-order chi connectivity index (χ1) is 15.0. The van der Waals surface area contributed by atoms with Gasteiger partial charge in [-0.15, -0.1) is 0 Å². The monoisotopic (exact) mass is 428 g/mol. The number of carbonyl (C=O) groups is 1. The first-order valence-corrected chi connectivity index (χ1v) is 11.8. The zero-order valence-electron chi connectivity index (χ0n) is 19.7. The molecular formula is C24H40N6O. The Balaban J connectivity index is 1.50. The number of hydrogen-bond acceptors (Lipinski definition) is 4. The van der Waals surface area contributed by atoms with Crippen molar-refractivity contribution in [3.8, 4) is 0 Å². The fourth-order valence-corrected chi connectivity index (χ4v) is 4.40. The third kappa shape index (κ3) is 6.68. The molecule has 1 unspecified atom stereocenters. The van der Waals surface area contributed by atoms with Gasteiger partial charge in [0.25, 0.3) is 0 Å². The molecule has 172 valence electrons. The number of amides is 1. The van der Waals surface area contributed by atoms with Crippen LogP contribution >= 0.6 is 0 Å². The summed E-state index contributed by atoms with van der Waals surface area (Å²) in [5, 5.41) is 6.98. The molecule has 1 atom stereocenters. The van der Waals surface area contributed by atoms with E-state index >= 15 is 0 Å². The van der Waals surface area contributed by atoms with Gasteiger partial charge in [0.15, 0.2) is 5.96 Å². The third-order valence-corrected chi connectivity index (χ3v) is 6.43. The number of carbonyl (C=O) groups excluding carboxylic acids is 1. The highest BCUT2D eigenvalue weighted by molar-refractivity contribution is 5.81. The zero-order valence-corrected chi connectivity index (χ0v) is 19.7. The van der Waals surface area contributed by atoms with E-state index < -0.39 is 0 Å². The Bertz CT molecular complexity index is 741. The zero-order chi connectivity index (χ0) is 22.2. The van der Waals surface area contributed by atoms with Crippen LogP contribution in [0.2, 0.25) is 0 Å². The molecule has 31 heavy (non-hydrogen) atoms. The van der Waals surface area contributed by atoms with Crippen molar-refractivity contribution >= 4 is 11.9 Å². The molecule has 0 saturated carbocycles. The average molecular weight is 429 g/mol. The molecule has 7 nitrogen and oxygen atoms in total. The summed E-state index contributed by atoms with van der Waals surface area (Å²) >= 11 is 0. The fourth-order valence-electron chi connectivity index (χ4n) is 4.40. The van der Waals surface area contributed by atoms with Crippen molar-refractivity contribution in [1.29, 1.82) is 0 Å². The van der Waals surface area contributed by atoms with Crippen molar-refractivity contribution in [2.75, 3.05) is 52.9 Å². The van der Waals surface area contributed by atoms with Gasteiger partial charge >= 0.3 is 0 Å². The molecule has 2 aliphatic rings. The molecule has 0 bridgehead atoms. The molecule has 2 aliphatic heterocycles. The van der Waals surface area contributed by atoms with Gasteiger partial charge in [-0.3, -0.25) is 14.7 Å². The van der Waals surface area contributed by atoms with E-state index in [0.29, 0.717) is 0 Å². The Morgan fingerprint density at radius 3 is 2.42 bits per heavy atom. The summed E-state index contributed by atoms with van der Waals surface area (Å²) < 4.78 is 0. The van der Waals surface area contributed by atoms with Crippen molar-refractivity contribution < 1.29 is 4.79 Å². The Labute approximate surface area is 187 Å². The maximum absolute atomic E-state index is 12.2. The quantitative estimate of drug-likeness (QED) is 0.512. The molecule has 2 saturated heterocycles. The summed E-state index contributed by atoms with van der Waals surface area (Å²) in [7, 11) is 1.81. The van der Waals surface area contributed by atoms with Crippen LogP contribution in [0.1, 0.15) is 38.3 Å². The third-order valence-electron chi connectivity index (χ3n) is 6.43. The van der Waals surface area contributed by atoms with Crippen LogP contribution in [0.25, 0.3) is 0 Å². The highest BCUT2D eigenvalue weighted by atomic mass is 16.2. The first kappa shape index (κ1) is 23.5. The normalized spacial score (nSPS) is 21.0. The topological polar surface area (TPSA) is 63.2 Å². The van der Waals surface area contributed by atoms with E-state index in [0.717, 1.165) is 71.3 Å². The van der Waals surface area contributed by atoms with Crippen molar-refractivity contribution in [2.24, 2.45) is 10.9 Å². The van der Waals surface area contributed by atoms with Crippen LogP contribution in [-0.4, -0.2) is 85.5 Å². The van der Waals surface area contributed by atoms with E-state index in [2.05, 4.69) is 56.6 Å². The summed E-state index contributed by atoms with van der Waals surface area (Å²) in [4.78, 5) is 23.7. The smallest absolute Gasteiger partial charge is 0.225 e. The molecule has 7 heteroatoms. The number of piperazine rings is 1. The van der Waals surface area contributed by atoms with Crippen LogP contribution in [0.5, 0.6) is 0 Å². The van der Waals surface area contributed by atoms with Gasteiger partial charge in [0, 0.05) is 71.4 Å². The van der Waals surface area contributed by atoms with Crippen LogP contribution in [0.15, 0.2) is 29.3 Å². The molecule has 0 radical (unpaired) electrons. The lowest BCUT2D eigenvalue weighted by atomic mass is 10.1. The molecule has 2 N–H and O–H groups in total. The van der Waals surface area contributed by atoms with Crippen molar-refractivity contribution in [3.63, 3.8) is 0 Å². The number of likely N-dealkylation sites (N-methyl/N-ethyl adjacent to an activating group) is 1. The Hall–Kier alpha value is -2.12. The lowest BCUT2D eigenvalue weighted by Gasteiger charge is -2.34. The van der Waals surface area contributed by atoms with E-state index in [4.69, 9.17) is 0 Å². The van der Waals surface area contributed by atoms with Crippen LogP contribution in [-0.2, 0) is 17.9 Å². The van der Waals surface area contributed by atoms with Gasteiger partial charge in [-0.2, -0.15) is 0 Å². The van der Waals surface area contributed by atoms with Gasteiger partial charge < -0.3 is 20.4 Å². The number of guanidine groups is 1. The van der Waals surface area contributed by atoms with E-state index in [9.17, 15) is 4.79 Å². The van der Waals surface area contributed by atoms with Gasteiger partial charge in [0.05, 0.1) is 0 Å². The Kier molecular flexibility index (Phi) is 8.72. The second-order valence-corrected chi connectivity index (χ2v) is 8.97. The molecule has 1 aromatic rings. The average Bonchev–Trinajstić information content (AvgIpc) is 3.25. The number of benzene rings is 1. The Morgan fingerprint density at radius 2 is 1.77 bits per heavy atom. The van der Waals surface area contributed by atoms with Crippen LogP contribution < -0.4 is 10.6 Å². The first-order valence-electron chi connectivity index (χ1n) is 11.8. The molecule has 1 aromatic carbocycles. The van der Waals surface area contributed by atoms with Gasteiger partial charge in [0.2, 0.25) is 5.91 Å². The van der Waals surface area contributed by atoms with Crippen molar-refractivity contribution in [2.45, 2.75) is 46.3 Å². The van der Waals surface area contributed by atoms with E-state index in [-0.39, 0.29) is 17.9 Å². The molecular weight excluding hydrogens is 388 g/mol. The summed E-state index contributed by atoms with van der Waals surface area (Å²) in [5.41, 5.74) is 2.69. The molecule has 0 aliphatic carbocycles. The van der Waals surface area contributed by atoms with Gasteiger partial charge in [-0.05, 0) is 24.1 Å². The summed E-state index contributed by atoms with van der Waals surface area (Å²) in [6.07, 6.45) is 0.958. The minimum Gasteiger partial charge on any atom is -0.352 e. The van der Waals surface area contributed by atoms with Crippen molar-refractivity contribution in [1.82, 2.24) is 25.3 Å². The highest BCUT2D eigenvalue weighted by Crippen LogP contribution is 2.15. The van der Waals surface area contributed by atoms with Gasteiger partial charge in [-0.25, -0.2) is 0 Å². The minimum atomic E-state index is 0.0534. The van der Waals surface area contributed by atoms with E-state index in [1.165, 1.54) is 11.1 Å². The molecule has 1 amide bonds. The number of likely N-dealkylation sites (tertiary alicyclic amines) is 1. The number of aliphatic imine (C=N–C) groups is 1. The molecule has 0 spiro atoms. The predicted octanol–water partition coefficient (Wildman–Crippen LogP) is 1.75. The summed E-state index contributed by atoms with van der Waals surface area (Å²) in [6.45, 7) is 15.2. The lowest BCUT2D eigenvalue weighted by Crippen LogP contribution is -2.46. The Morgan fingerprint density at radius 1 is 1.10 bits per heavy atom. The van der Waals surface area contributed by atoms with Crippen LogP contribution in [0.4, 0.5) is 0 Å². The predicted molar refractivity (Wildman–Crippen MR) is 127 cm³/mol. The summed E-state index contributed by atoms with van der Waals surface area (Å²) in [5.74, 6) is 1.09. The maximum atomic E-state index is 12.2. The number of rotatable bonds is 7. The van der Waals surface area contributed by atoms with E-state index in [1.54, 1.807) is 7.05 Å². The standard InChI is InChI=1S/C24H40N6O/c1-5-28-12-14-29(15-13-28)17-21-9-7-6-8-20(21)16-26-24(25-4)27-22-10-11-30(18-22)23(31)19(2)3/h6-9,19,22H,5,10-18H2,1-4H3,(H2,25,26,27). The summed E-state index contributed by atoms with van der Waals surface area (Å²) in [6, 6.07) is 8.94. The van der Waals surface area contributed by atoms with Gasteiger partial charge in [0.1, 0.15) is 0 Å². The number of nitrogens with one attached hydrogen (secondary N) is 2. The number of hydrogen-bond donors (Lipinski definition) is 2. The molecule has 2 heterocycles. The van der Waals surface area contributed by atoms with Crippen LogP contribution in [0, 0.1) is 5.92 Å². The largest absolute Gasteiger partial charge is 0.352 e. The van der Waals surface area contributed by atoms with E-state index in [1.807, 2.05) is 18.7 Å². The van der Waals surface area contributed by atoms with Gasteiger partial charge in [-0.1, -0.05) is 45.0 Å². The highest BCUT2D eigenvalue weighted by Gasteiger charge is 2.28. The maximum Gasteiger partial charge on any atom is 0.225 e. The lowest BCUT2D eigenvalue weighted by molar-refractivity contribution is -0.133. The molecule has 3 rings (SSSR count). The van der Waals surface area contributed by atoms with Crippen LogP contribution in [0.3, 0.4) is 0 Å². The van der Waals surface area contributed by atoms with Crippen molar-refractivity contribution in [3.05, 3.63) is 35.4 Å². The second-order valence-electron chi connectivity index (χ2n) is 8.97. The molecule has 0 aromatic heterocycles. The second kappa shape index (κ2) is 11.5. The number of nitrogens with zero attached hydrogens (tertiary/aromatic N) is 4.